The summed E-state index contributed by atoms with van der Waals surface area (Å²) in [6.07, 6.45) is 5.50. The quantitative estimate of drug-likeness (QED) is 0.697. The Balaban J connectivity index is 1.63. The largest absolute Gasteiger partial charge is 0.346 e. The molecule has 1 aliphatic carbocycles. The van der Waals surface area contributed by atoms with Gasteiger partial charge in [0.2, 0.25) is 5.79 Å². The highest BCUT2D eigenvalue weighted by Gasteiger charge is 2.69. The molecule has 5 rings (SSSR count). The second-order valence-electron chi connectivity index (χ2n) is 9.69. The molecule has 9 atom stereocenters. The Labute approximate surface area is 157 Å². The van der Waals surface area contributed by atoms with Crippen LogP contribution in [0.3, 0.4) is 0 Å². The van der Waals surface area contributed by atoms with E-state index in [2.05, 4.69) is 20.8 Å². The zero-order valence-corrected chi connectivity index (χ0v) is 16.8. The van der Waals surface area contributed by atoms with Crippen LogP contribution in [0.5, 0.6) is 0 Å². The molecule has 0 aromatic rings. The molecule has 0 aromatic carbocycles. The Hall–Kier alpha value is -0.490. The van der Waals surface area contributed by atoms with Gasteiger partial charge in [0.05, 0.1) is 6.10 Å². The lowest BCUT2D eigenvalue weighted by Gasteiger charge is -2.60. The van der Waals surface area contributed by atoms with Gasteiger partial charge in [0.1, 0.15) is 5.78 Å². The molecule has 9 unspecified atom stereocenters. The third-order valence-electron chi connectivity index (χ3n) is 7.57. The first-order valence-corrected chi connectivity index (χ1v) is 10.4. The minimum atomic E-state index is -0.715. The first kappa shape index (κ1) is 18.9. The normalized spacial score (nSPS) is 51.4. The highest BCUT2D eigenvalue weighted by Crippen LogP contribution is 2.60. The molecule has 2 bridgehead atoms. The van der Waals surface area contributed by atoms with E-state index in [1.807, 2.05) is 6.92 Å². The van der Waals surface area contributed by atoms with Crippen LogP contribution in [-0.2, 0) is 24.0 Å². The fourth-order valence-corrected chi connectivity index (χ4v) is 6.22. The molecule has 1 spiro atoms. The van der Waals surface area contributed by atoms with Crippen molar-refractivity contribution in [3.63, 3.8) is 0 Å². The van der Waals surface area contributed by atoms with Gasteiger partial charge < -0.3 is 14.3 Å². The predicted octanol–water partition coefficient (Wildman–Crippen LogP) is 4.24. The highest BCUT2D eigenvalue weighted by atomic mass is 17.3. The maximum absolute atomic E-state index is 11.5. The average Bonchev–Trinajstić information content (AvgIpc) is 2.78. The third-order valence-corrected chi connectivity index (χ3v) is 7.57. The number of hydrogen-bond acceptors (Lipinski definition) is 5. The maximum Gasteiger partial charge on any atom is 0.201 e. The fourth-order valence-electron chi connectivity index (χ4n) is 6.22. The summed E-state index contributed by atoms with van der Waals surface area (Å²) in [4.78, 5) is 23.5. The molecule has 4 saturated heterocycles. The predicted molar refractivity (Wildman–Crippen MR) is 95.9 cm³/mol. The molecule has 0 N–H and O–H groups in total. The molecule has 5 fully saturated rings. The van der Waals surface area contributed by atoms with E-state index in [0.717, 1.165) is 25.7 Å². The van der Waals surface area contributed by atoms with E-state index in [0.29, 0.717) is 36.0 Å². The summed E-state index contributed by atoms with van der Waals surface area (Å²) in [5.41, 5.74) is -0.479. The average molecular weight is 366 g/mol. The molecule has 5 nitrogen and oxygen atoms in total. The van der Waals surface area contributed by atoms with E-state index < -0.39 is 11.4 Å². The Bertz CT molecular complexity index is 565. The van der Waals surface area contributed by atoms with Crippen LogP contribution in [0.1, 0.15) is 73.1 Å². The van der Waals surface area contributed by atoms with Gasteiger partial charge in [0.25, 0.3) is 0 Å². The lowest BCUT2D eigenvalue weighted by atomic mass is 9.57. The van der Waals surface area contributed by atoms with Gasteiger partial charge in [-0.25, -0.2) is 9.78 Å². The second kappa shape index (κ2) is 6.54. The van der Waals surface area contributed by atoms with Crippen LogP contribution in [0.4, 0.5) is 0 Å². The van der Waals surface area contributed by atoms with Crippen molar-refractivity contribution in [1.82, 2.24) is 0 Å². The van der Waals surface area contributed by atoms with Gasteiger partial charge in [0.15, 0.2) is 11.9 Å². The van der Waals surface area contributed by atoms with Crippen LogP contribution in [0.15, 0.2) is 0 Å². The molecule has 4 aliphatic heterocycles. The van der Waals surface area contributed by atoms with Gasteiger partial charge in [-0.15, -0.1) is 0 Å². The SMILES string of the molecule is CC(=O)CC(C)CC1OC2OC3(C)CCC4C(C)CCC(C1C)C24OO3. The van der Waals surface area contributed by atoms with Crippen LogP contribution < -0.4 is 0 Å². The molecule has 5 heteroatoms. The van der Waals surface area contributed by atoms with Crippen molar-refractivity contribution < 1.29 is 24.0 Å². The van der Waals surface area contributed by atoms with Crippen LogP contribution in [0, 0.1) is 29.6 Å². The zero-order chi connectivity index (χ0) is 18.7. The molecule has 5 aliphatic rings. The van der Waals surface area contributed by atoms with Gasteiger partial charge in [-0.05, 0) is 63.2 Å². The van der Waals surface area contributed by atoms with E-state index in [-0.39, 0.29) is 18.2 Å². The summed E-state index contributed by atoms with van der Waals surface area (Å²) in [6, 6.07) is 0. The molecule has 0 amide bonds. The Morgan fingerprint density at radius 1 is 1.15 bits per heavy atom. The third kappa shape index (κ3) is 2.86. The number of hydrogen-bond donors (Lipinski definition) is 0. The number of carbonyl (C=O) groups excluding carboxylic acids is 1. The molecule has 148 valence electrons. The summed E-state index contributed by atoms with van der Waals surface area (Å²) in [6.45, 7) is 10.4. The topological polar surface area (TPSA) is 54.0 Å². The molecule has 0 radical (unpaired) electrons. The van der Waals surface area contributed by atoms with Gasteiger partial charge in [-0.1, -0.05) is 20.8 Å². The van der Waals surface area contributed by atoms with Crippen molar-refractivity contribution >= 4 is 5.78 Å². The summed E-state index contributed by atoms with van der Waals surface area (Å²) < 4.78 is 13.0. The molecule has 4 heterocycles. The van der Waals surface area contributed by atoms with Crippen molar-refractivity contribution in [1.29, 1.82) is 0 Å². The highest BCUT2D eigenvalue weighted by molar-refractivity contribution is 5.75. The summed E-state index contributed by atoms with van der Waals surface area (Å²) in [5.74, 6) is 1.60. The Morgan fingerprint density at radius 3 is 2.65 bits per heavy atom. The van der Waals surface area contributed by atoms with Crippen LogP contribution in [0.25, 0.3) is 0 Å². The monoisotopic (exact) mass is 366 g/mol. The van der Waals surface area contributed by atoms with Crippen LogP contribution in [0.2, 0.25) is 0 Å². The second-order valence-corrected chi connectivity index (χ2v) is 9.69. The van der Waals surface area contributed by atoms with Crippen LogP contribution >= 0.6 is 0 Å². The molecule has 0 aromatic heterocycles. The summed E-state index contributed by atoms with van der Waals surface area (Å²) in [5, 5.41) is 0. The minimum absolute atomic E-state index is 0.102. The van der Waals surface area contributed by atoms with Crippen molar-refractivity contribution in [3.05, 3.63) is 0 Å². The van der Waals surface area contributed by atoms with E-state index in [1.54, 1.807) is 6.92 Å². The number of Topliss-reactive ketones (excluding diaryl/α,β-unsaturated/α-hetero) is 1. The van der Waals surface area contributed by atoms with E-state index in [1.165, 1.54) is 6.42 Å². The number of rotatable bonds is 4. The van der Waals surface area contributed by atoms with Gasteiger partial charge in [-0.3, -0.25) is 0 Å². The standard InChI is InChI=1S/C21H34O5/c1-12(10-14(3)22)11-18-15(4)17-7-6-13(2)16-8-9-20(5)24-19(23-18)21(16,17)26-25-20/h12-13,15-19H,6-11H2,1-5H3. The lowest BCUT2D eigenvalue weighted by molar-refractivity contribution is -0.571. The molecular weight excluding hydrogens is 332 g/mol. The van der Waals surface area contributed by atoms with Crippen molar-refractivity contribution in [2.24, 2.45) is 29.6 Å². The minimum Gasteiger partial charge on any atom is -0.346 e. The number of ether oxygens (including phenoxy) is 2. The molecule has 26 heavy (non-hydrogen) atoms. The smallest absolute Gasteiger partial charge is 0.201 e. The van der Waals surface area contributed by atoms with Crippen LogP contribution in [-0.4, -0.2) is 29.6 Å². The summed E-state index contributed by atoms with van der Waals surface area (Å²) >= 11 is 0. The summed E-state index contributed by atoms with van der Waals surface area (Å²) in [7, 11) is 0. The first-order valence-electron chi connectivity index (χ1n) is 10.4. The first-order chi connectivity index (χ1) is 12.2. The Morgan fingerprint density at radius 2 is 1.92 bits per heavy atom. The van der Waals surface area contributed by atoms with Crippen molar-refractivity contribution in [2.75, 3.05) is 0 Å². The fraction of sp³-hybridized carbons (Fsp3) is 0.952. The molecule has 1 saturated carbocycles. The van der Waals surface area contributed by atoms with E-state index >= 15 is 0 Å². The van der Waals surface area contributed by atoms with Crippen molar-refractivity contribution in [2.45, 2.75) is 96.9 Å². The maximum atomic E-state index is 11.5. The number of fused-ring (bicyclic) bond motifs is 2. The van der Waals surface area contributed by atoms with Crippen molar-refractivity contribution in [3.8, 4) is 0 Å². The van der Waals surface area contributed by atoms with E-state index in [9.17, 15) is 4.79 Å². The lowest BCUT2D eigenvalue weighted by Crippen LogP contribution is -2.70. The van der Waals surface area contributed by atoms with Gasteiger partial charge in [0, 0.05) is 18.8 Å². The van der Waals surface area contributed by atoms with Gasteiger partial charge in [-0.2, -0.15) is 0 Å². The number of ketones is 1. The van der Waals surface area contributed by atoms with E-state index in [4.69, 9.17) is 19.2 Å². The Kier molecular flexibility index (Phi) is 4.74. The molecular formula is C21H34O5. The number of carbonyl (C=O) groups is 1. The zero-order valence-electron chi connectivity index (χ0n) is 16.8. The van der Waals surface area contributed by atoms with Gasteiger partial charge >= 0.3 is 0 Å².